The molecule has 0 aliphatic rings. The van der Waals surface area contributed by atoms with Crippen molar-refractivity contribution in [2.24, 2.45) is 9.98 Å². The second kappa shape index (κ2) is 10.9. The zero-order valence-corrected chi connectivity index (χ0v) is 12.3. The lowest BCUT2D eigenvalue weighted by molar-refractivity contribution is -0.139. The van der Waals surface area contributed by atoms with E-state index >= 15 is 0 Å². The van der Waals surface area contributed by atoms with Crippen LogP contribution in [0.5, 0.6) is 0 Å². The van der Waals surface area contributed by atoms with Gasteiger partial charge in [-0.25, -0.2) is 14.4 Å². The summed E-state index contributed by atoms with van der Waals surface area (Å²) in [5.74, 6) is -0.455. The van der Waals surface area contributed by atoms with Crippen LogP contribution in [0.4, 0.5) is 11.4 Å². The van der Waals surface area contributed by atoms with Crippen molar-refractivity contribution in [3.8, 4) is 0 Å². The third-order valence-corrected chi connectivity index (χ3v) is 2.21. The van der Waals surface area contributed by atoms with Gasteiger partial charge in [-0.05, 0) is 31.5 Å². The molecule has 22 heavy (non-hydrogen) atoms. The van der Waals surface area contributed by atoms with Crippen molar-refractivity contribution in [3.63, 3.8) is 0 Å². The Morgan fingerprint density at radius 1 is 1.32 bits per heavy atom. The normalized spacial score (nSPS) is 8.50. The van der Waals surface area contributed by atoms with Crippen molar-refractivity contribution in [1.29, 1.82) is 0 Å². The Labute approximate surface area is 127 Å². The summed E-state index contributed by atoms with van der Waals surface area (Å²) in [7, 11) is 0. The van der Waals surface area contributed by atoms with Crippen molar-refractivity contribution in [1.82, 2.24) is 0 Å². The highest BCUT2D eigenvalue weighted by molar-refractivity contribution is 5.86. The van der Waals surface area contributed by atoms with E-state index in [4.69, 9.17) is 5.11 Å². The average molecular weight is 304 g/mol. The number of carbonyl (C=O) groups excluding carboxylic acids is 3. The summed E-state index contributed by atoms with van der Waals surface area (Å²) >= 11 is 0. The number of aliphatic hydroxyl groups excluding tert-OH is 1. The van der Waals surface area contributed by atoms with Gasteiger partial charge in [0.1, 0.15) is 6.61 Å². The summed E-state index contributed by atoms with van der Waals surface area (Å²) < 4.78 is 4.46. The highest BCUT2D eigenvalue weighted by Gasteiger charge is 2.00. The van der Waals surface area contributed by atoms with Gasteiger partial charge in [-0.3, -0.25) is 0 Å². The van der Waals surface area contributed by atoms with E-state index in [9.17, 15) is 14.4 Å². The van der Waals surface area contributed by atoms with Crippen LogP contribution >= 0.6 is 0 Å². The molecule has 0 aliphatic carbocycles. The van der Waals surface area contributed by atoms with Crippen LogP contribution in [0.3, 0.4) is 0 Å². The molecule has 0 saturated heterocycles. The lowest BCUT2D eigenvalue weighted by Crippen LogP contribution is -2.08. The predicted octanol–water partition coefficient (Wildman–Crippen LogP) is 2.03. The summed E-state index contributed by atoms with van der Waals surface area (Å²) in [6, 6.07) is 4.88. The minimum Gasteiger partial charge on any atom is -0.460 e. The maximum atomic E-state index is 10.5. The van der Waals surface area contributed by atoms with Gasteiger partial charge in [0, 0.05) is 5.57 Å². The molecule has 0 unspecified atom stereocenters. The molecule has 0 bridgehead atoms. The number of aliphatic hydroxyl groups is 1. The lowest BCUT2D eigenvalue weighted by Gasteiger charge is -1.99. The van der Waals surface area contributed by atoms with Crippen LogP contribution in [-0.2, 0) is 19.1 Å². The Morgan fingerprint density at radius 3 is 2.45 bits per heavy atom. The zero-order chi connectivity index (χ0) is 17.0. The maximum absolute atomic E-state index is 10.5. The van der Waals surface area contributed by atoms with E-state index < -0.39 is 5.97 Å². The number of aliphatic imine (C=N–C) groups is 2. The first-order chi connectivity index (χ1) is 10.5. The van der Waals surface area contributed by atoms with Gasteiger partial charge in [-0.15, -0.1) is 0 Å². The minimum atomic E-state index is -0.455. The Kier molecular flexibility index (Phi) is 9.47. The number of benzene rings is 1. The number of hydrogen-bond donors (Lipinski definition) is 1. The first-order valence-corrected chi connectivity index (χ1v) is 6.16. The SMILES string of the molecule is C=C(C)C(=O)OCCO.Cc1ccc(N=C=O)cc1N=C=O. The van der Waals surface area contributed by atoms with E-state index in [1.807, 2.05) is 0 Å². The molecule has 0 fully saturated rings. The quantitative estimate of drug-likeness (QED) is 0.388. The maximum Gasteiger partial charge on any atom is 0.333 e. The molecule has 0 aliphatic heterocycles. The summed E-state index contributed by atoms with van der Waals surface area (Å²) in [5, 5.41) is 8.19. The van der Waals surface area contributed by atoms with Gasteiger partial charge in [0.25, 0.3) is 0 Å². The smallest absolute Gasteiger partial charge is 0.333 e. The number of rotatable bonds is 5. The van der Waals surface area contributed by atoms with Gasteiger partial charge >= 0.3 is 5.97 Å². The van der Waals surface area contributed by atoms with Gasteiger partial charge in [-0.1, -0.05) is 12.6 Å². The van der Waals surface area contributed by atoms with E-state index in [2.05, 4.69) is 21.3 Å². The molecule has 0 aromatic heterocycles. The molecule has 0 amide bonds. The predicted molar refractivity (Wildman–Crippen MR) is 79.6 cm³/mol. The Hall–Kier alpha value is -2.85. The van der Waals surface area contributed by atoms with Crippen molar-refractivity contribution < 1.29 is 24.2 Å². The Morgan fingerprint density at radius 2 is 1.95 bits per heavy atom. The molecule has 1 aromatic carbocycles. The Bertz CT molecular complexity index is 627. The molecule has 0 spiro atoms. The van der Waals surface area contributed by atoms with E-state index in [0.29, 0.717) is 16.9 Å². The molecule has 7 nitrogen and oxygen atoms in total. The van der Waals surface area contributed by atoms with Gasteiger partial charge in [0.05, 0.1) is 18.0 Å². The van der Waals surface area contributed by atoms with Crippen LogP contribution in [0.25, 0.3) is 0 Å². The molecule has 1 N–H and O–H groups in total. The molecule has 0 saturated carbocycles. The molecular weight excluding hydrogens is 288 g/mol. The third kappa shape index (κ3) is 7.67. The number of hydrogen-bond acceptors (Lipinski definition) is 7. The highest BCUT2D eigenvalue weighted by atomic mass is 16.5. The lowest BCUT2D eigenvalue weighted by atomic mass is 10.2. The second-order valence-electron chi connectivity index (χ2n) is 4.02. The first-order valence-electron chi connectivity index (χ1n) is 6.16. The van der Waals surface area contributed by atoms with Crippen LogP contribution in [0.2, 0.25) is 0 Å². The van der Waals surface area contributed by atoms with Gasteiger partial charge in [-0.2, -0.15) is 9.98 Å². The fraction of sp³-hybridized carbons (Fsp3) is 0.267. The van der Waals surface area contributed by atoms with Crippen LogP contribution < -0.4 is 0 Å². The summed E-state index contributed by atoms with van der Waals surface area (Å²) in [6.07, 6.45) is 2.84. The van der Waals surface area contributed by atoms with Crippen molar-refractivity contribution in [2.75, 3.05) is 13.2 Å². The first kappa shape index (κ1) is 19.1. The fourth-order valence-corrected chi connectivity index (χ4v) is 1.15. The number of aryl methyl sites for hydroxylation is 1. The Balaban J connectivity index is 0.000000433. The topological polar surface area (TPSA) is 105 Å². The summed E-state index contributed by atoms with van der Waals surface area (Å²) in [5.41, 5.74) is 2.07. The number of nitrogens with zero attached hydrogens (tertiary/aromatic N) is 2. The van der Waals surface area contributed by atoms with Crippen LogP contribution in [0.1, 0.15) is 12.5 Å². The molecule has 116 valence electrons. The zero-order valence-electron chi connectivity index (χ0n) is 12.3. The fourth-order valence-electron chi connectivity index (χ4n) is 1.15. The van der Waals surface area contributed by atoms with E-state index in [-0.39, 0.29) is 13.2 Å². The largest absolute Gasteiger partial charge is 0.460 e. The average Bonchev–Trinajstić information content (AvgIpc) is 2.49. The minimum absolute atomic E-state index is 0.0473. The molecule has 0 atom stereocenters. The number of esters is 1. The summed E-state index contributed by atoms with van der Waals surface area (Å²) in [4.78, 5) is 37.2. The van der Waals surface area contributed by atoms with Crippen LogP contribution in [0, 0.1) is 6.92 Å². The highest BCUT2D eigenvalue weighted by Crippen LogP contribution is 2.23. The third-order valence-electron chi connectivity index (χ3n) is 2.21. The van der Waals surface area contributed by atoms with E-state index in [1.165, 1.54) is 18.2 Å². The van der Waals surface area contributed by atoms with Gasteiger partial charge in [0.2, 0.25) is 12.2 Å². The standard InChI is InChI=1S/C9H6N2O2.C6H10O3/c1-7-2-3-8(10-5-12)4-9(7)11-6-13;1-5(2)6(8)9-4-3-7/h2-4H,1H3;7H,1,3-4H2,2H3. The van der Waals surface area contributed by atoms with Crippen molar-refractivity contribution in [3.05, 3.63) is 35.9 Å². The van der Waals surface area contributed by atoms with E-state index in [0.717, 1.165) is 5.56 Å². The van der Waals surface area contributed by atoms with Crippen molar-refractivity contribution in [2.45, 2.75) is 13.8 Å². The number of isocyanates is 2. The van der Waals surface area contributed by atoms with Crippen LogP contribution in [0.15, 0.2) is 40.3 Å². The summed E-state index contributed by atoms with van der Waals surface area (Å²) in [6.45, 7) is 6.61. The number of carbonyl (C=O) groups is 1. The van der Waals surface area contributed by atoms with Gasteiger partial charge < -0.3 is 9.84 Å². The number of ether oxygens (including phenoxy) is 1. The molecule has 1 aromatic rings. The monoisotopic (exact) mass is 304 g/mol. The van der Waals surface area contributed by atoms with E-state index in [1.54, 1.807) is 26.0 Å². The molecule has 1 rings (SSSR count). The van der Waals surface area contributed by atoms with Gasteiger partial charge in [0.15, 0.2) is 0 Å². The molecule has 7 heteroatoms. The van der Waals surface area contributed by atoms with Crippen LogP contribution in [-0.4, -0.2) is 36.4 Å². The molecule has 0 radical (unpaired) electrons. The molecule has 0 heterocycles. The van der Waals surface area contributed by atoms with Crippen molar-refractivity contribution >= 4 is 29.5 Å². The second-order valence-corrected chi connectivity index (χ2v) is 4.02. The molecular formula is C15H16N2O5.